The standard InChI is InChI=1S/C19H20ClN3O.ClH/c20-16-6-7-18-17(14-16)19(15-4-2-1-3-5-15)21-23(18)9-8-22-10-12-24-13-11-22;/h1-7,14H,8-13H2;1H. The molecule has 25 heavy (non-hydrogen) atoms. The third kappa shape index (κ3) is 3.98. The second kappa shape index (κ2) is 8.19. The van der Waals surface area contributed by atoms with E-state index in [0.717, 1.165) is 66.6 Å². The Morgan fingerprint density at radius 3 is 2.52 bits per heavy atom. The number of halogens is 2. The number of hydrogen-bond acceptors (Lipinski definition) is 3. The van der Waals surface area contributed by atoms with Gasteiger partial charge in [0.1, 0.15) is 5.69 Å². The van der Waals surface area contributed by atoms with Crippen molar-refractivity contribution in [1.82, 2.24) is 14.7 Å². The van der Waals surface area contributed by atoms with Gasteiger partial charge in [0.2, 0.25) is 0 Å². The number of ether oxygens (including phenoxy) is 1. The molecule has 0 atom stereocenters. The molecule has 4 rings (SSSR count). The SMILES string of the molecule is Cl.Clc1ccc2c(c1)c(-c1ccccc1)nn2CCN1CCOCC1. The average molecular weight is 378 g/mol. The Hall–Kier alpha value is -1.59. The topological polar surface area (TPSA) is 30.3 Å². The zero-order valence-electron chi connectivity index (χ0n) is 13.9. The van der Waals surface area contributed by atoms with Gasteiger partial charge < -0.3 is 4.74 Å². The van der Waals surface area contributed by atoms with Crippen LogP contribution in [-0.2, 0) is 11.3 Å². The number of hydrogen-bond donors (Lipinski definition) is 0. The Kier molecular flexibility index (Phi) is 5.97. The first-order chi connectivity index (χ1) is 11.8. The van der Waals surface area contributed by atoms with Crippen molar-refractivity contribution in [3.63, 3.8) is 0 Å². The summed E-state index contributed by atoms with van der Waals surface area (Å²) in [5, 5.41) is 6.74. The minimum Gasteiger partial charge on any atom is -0.379 e. The molecule has 0 spiro atoms. The molecule has 0 radical (unpaired) electrons. The molecule has 0 amide bonds. The van der Waals surface area contributed by atoms with Crippen molar-refractivity contribution in [2.24, 2.45) is 0 Å². The first kappa shape index (κ1) is 18.2. The minimum absolute atomic E-state index is 0. The maximum atomic E-state index is 6.23. The van der Waals surface area contributed by atoms with Crippen molar-refractivity contribution < 1.29 is 4.74 Å². The van der Waals surface area contributed by atoms with Gasteiger partial charge in [-0.05, 0) is 18.2 Å². The van der Waals surface area contributed by atoms with Crippen LogP contribution in [0.25, 0.3) is 22.2 Å². The minimum atomic E-state index is 0. The molecule has 0 unspecified atom stereocenters. The number of benzene rings is 2. The summed E-state index contributed by atoms with van der Waals surface area (Å²) in [5.41, 5.74) is 3.25. The molecule has 4 nitrogen and oxygen atoms in total. The first-order valence-corrected chi connectivity index (χ1v) is 8.71. The van der Waals surface area contributed by atoms with E-state index in [9.17, 15) is 0 Å². The summed E-state index contributed by atoms with van der Waals surface area (Å²) >= 11 is 6.23. The van der Waals surface area contributed by atoms with E-state index in [1.54, 1.807) is 0 Å². The molecular weight excluding hydrogens is 357 g/mol. The molecule has 0 bridgehead atoms. The van der Waals surface area contributed by atoms with E-state index < -0.39 is 0 Å². The lowest BCUT2D eigenvalue weighted by atomic mass is 10.1. The molecule has 1 aliphatic heterocycles. The van der Waals surface area contributed by atoms with Crippen LogP contribution in [0.15, 0.2) is 48.5 Å². The van der Waals surface area contributed by atoms with Gasteiger partial charge in [-0.15, -0.1) is 12.4 Å². The smallest absolute Gasteiger partial charge is 0.100 e. The summed E-state index contributed by atoms with van der Waals surface area (Å²) < 4.78 is 7.52. The molecule has 1 fully saturated rings. The summed E-state index contributed by atoms with van der Waals surface area (Å²) in [6.45, 7) is 5.49. The van der Waals surface area contributed by atoms with Gasteiger partial charge in [0.15, 0.2) is 0 Å². The monoisotopic (exact) mass is 377 g/mol. The zero-order chi connectivity index (χ0) is 16.4. The quantitative estimate of drug-likeness (QED) is 0.685. The highest BCUT2D eigenvalue weighted by atomic mass is 35.5. The van der Waals surface area contributed by atoms with E-state index >= 15 is 0 Å². The molecule has 1 aliphatic rings. The van der Waals surface area contributed by atoms with Gasteiger partial charge in [-0.25, -0.2) is 0 Å². The molecule has 6 heteroatoms. The van der Waals surface area contributed by atoms with Crippen LogP contribution in [0.1, 0.15) is 0 Å². The third-order valence-corrected chi connectivity index (χ3v) is 4.73. The van der Waals surface area contributed by atoms with Crippen LogP contribution in [0.5, 0.6) is 0 Å². The third-order valence-electron chi connectivity index (χ3n) is 4.49. The van der Waals surface area contributed by atoms with E-state index in [0.29, 0.717) is 0 Å². The van der Waals surface area contributed by atoms with Crippen molar-refractivity contribution in [2.45, 2.75) is 6.54 Å². The number of nitrogens with zero attached hydrogens (tertiary/aromatic N) is 3. The Morgan fingerprint density at radius 1 is 1.00 bits per heavy atom. The van der Waals surface area contributed by atoms with Gasteiger partial charge in [-0.1, -0.05) is 41.9 Å². The largest absolute Gasteiger partial charge is 0.379 e. The van der Waals surface area contributed by atoms with Crippen molar-refractivity contribution >= 4 is 34.9 Å². The van der Waals surface area contributed by atoms with Crippen LogP contribution in [0, 0.1) is 0 Å². The number of fused-ring (bicyclic) bond motifs is 1. The molecule has 2 aromatic carbocycles. The Labute approximate surface area is 158 Å². The van der Waals surface area contributed by atoms with Crippen LogP contribution in [0.2, 0.25) is 5.02 Å². The summed E-state index contributed by atoms with van der Waals surface area (Å²) in [6.07, 6.45) is 0. The maximum Gasteiger partial charge on any atom is 0.100 e. The van der Waals surface area contributed by atoms with E-state index in [2.05, 4.69) is 27.8 Å². The van der Waals surface area contributed by atoms with Crippen molar-refractivity contribution in [3.8, 4) is 11.3 Å². The predicted octanol–water partition coefficient (Wildman–Crippen LogP) is 4.11. The Bertz CT molecular complexity index is 829. The van der Waals surface area contributed by atoms with Crippen molar-refractivity contribution in [1.29, 1.82) is 0 Å². The van der Waals surface area contributed by atoms with Gasteiger partial charge >= 0.3 is 0 Å². The molecule has 0 saturated carbocycles. The van der Waals surface area contributed by atoms with Crippen molar-refractivity contribution in [3.05, 3.63) is 53.6 Å². The van der Waals surface area contributed by atoms with Crippen LogP contribution in [0.3, 0.4) is 0 Å². The molecule has 0 aliphatic carbocycles. The average Bonchev–Trinajstić information content (AvgIpc) is 2.99. The van der Waals surface area contributed by atoms with Crippen LogP contribution in [-0.4, -0.2) is 47.5 Å². The lowest BCUT2D eigenvalue weighted by Gasteiger charge is -2.26. The van der Waals surface area contributed by atoms with Crippen LogP contribution in [0.4, 0.5) is 0 Å². The molecule has 132 valence electrons. The van der Waals surface area contributed by atoms with Gasteiger partial charge in [-0.3, -0.25) is 9.58 Å². The summed E-state index contributed by atoms with van der Waals surface area (Å²) in [5.74, 6) is 0. The molecule has 1 saturated heterocycles. The van der Waals surface area contributed by atoms with Gasteiger partial charge in [-0.2, -0.15) is 5.10 Å². The van der Waals surface area contributed by atoms with Gasteiger partial charge in [0, 0.05) is 35.6 Å². The molecule has 1 aromatic heterocycles. The number of rotatable bonds is 4. The fraction of sp³-hybridized carbons (Fsp3) is 0.316. The lowest BCUT2D eigenvalue weighted by Crippen LogP contribution is -2.38. The molecule has 0 N–H and O–H groups in total. The first-order valence-electron chi connectivity index (χ1n) is 8.33. The summed E-state index contributed by atoms with van der Waals surface area (Å²) in [4.78, 5) is 2.43. The van der Waals surface area contributed by atoms with E-state index in [4.69, 9.17) is 21.4 Å². The molecule has 2 heterocycles. The highest BCUT2D eigenvalue weighted by Gasteiger charge is 2.15. The van der Waals surface area contributed by atoms with E-state index in [-0.39, 0.29) is 12.4 Å². The highest BCUT2D eigenvalue weighted by molar-refractivity contribution is 6.31. The summed E-state index contributed by atoms with van der Waals surface area (Å²) in [6, 6.07) is 16.3. The second-order valence-electron chi connectivity index (χ2n) is 6.05. The summed E-state index contributed by atoms with van der Waals surface area (Å²) in [7, 11) is 0. The molecule has 3 aromatic rings. The van der Waals surface area contributed by atoms with E-state index in [1.165, 1.54) is 0 Å². The Balaban J connectivity index is 0.00000182. The maximum absolute atomic E-state index is 6.23. The molecular formula is C19H21Cl2N3O. The lowest BCUT2D eigenvalue weighted by molar-refractivity contribution is 0.0361. The predicted molar refractivity (Wildman–Crippen MR) is 105 cm³/mol. The fourth-order valence-electron chi connectivity index (χ4n) is 3.19. The van der Waals surface area contributed by atoms with E-state index in [1.807, 2.05) is 30.3 Å². The normalized spacial score (nSPS) is 15.2. The van der Waals surface area contributed by atoms with Crippen LogP contribution < -0.4 is 0 Å². The zero-order valence-corrected chi connectivity index (χ0v) is 15.5. The number of aromatic nitrogens is 2. The fourth-order valence-corrected chi connectivity index (χ4v) is 3.36. The van der Waals surface area contributed by atoms with Crippen molar-refractivity contribution in [2.75, 3.05) is 32.8 Å². The van der Waals surface area contributed by atoms with Gasteiger partial charge in [0.25, 0.3) is 0 Å². The van der Waals surface area contributed by atoms with Crippen LogP contribution >= 0.6 is 24.0 Å². The number of morpholine rings is 1. The van der Waals surface area contributed by atoms with Gasteiger partial charge in [0.05, 0.1) is 25.3 Å². The highest BCUT2D eigenvalue weighted by Crippen LogP contribution is 2.30. The Morgan fingerprint density at radius 2 is 1.76 bits per heavy atom. The second-order valence-corrected chi connectivity index (χ2v) is 6.49.